The van der Waals surface area contributed by atoms with Crippen LogP contribution in [0, 0.1) is 11.8 Å². The summed E-state index contributed by atoms with van der Waals surface area (Å²) in [5.41, 5.74) is 15.5. The second-order valence-electron chi connectivity index (χ2n) is 15.7. The fraction of sp³-hybridized carbons (Fsp3) is 0.200. The van der Waals surface area contributed by atoms with Gasteiger partial charge >= 0.3 is 0 Å². The van der Waals surface area contributed by atoms with E-state index >= 15 is 0 Å². The molecule has 248 valence electrons. The van der Waals surface area contributed by atoms with Crippen molar-refractivity contribution in [3.05, 3.63) is 174 Å². The first kappa shape index (κ1) is 30.4. The van der Waals surface area contributed by atoms with Crippen molar-refractivity contribution >= 4 is 27.8 Å². The summed E-state index contributed by atoms with van der Waals surface area (Å²) in [5.74, 6) is 2.51. The van der Waals surface area contributed by atoms with Gasteiger partial charge in [0.25, 0.3) is 0 Å². The molecule has 0 saturated heterocycles. The van der Waals surface area contributed by atoms with Gasteiger partial charge in [0.15, 0.2) is 0 Å². The highest BCUT2D eigenvalue weighted by Gasteiger charge is 2.40. The summed E-state index contributed by atoms with van der Waals surface area (Å²) in [6.45, 7) is 4.80. The third-order valence-electron chi connectivity index (χ3n) is 12.6. The summed E-state index contributed by atoms with van der Waals surface area (Å²) in [5, 5.41) is 2.52. The summed E-state index contributed by atoms with van der Waals surface area (Å²) in [6.07, 6.45) is 5.63. The van der Waals surface area contributed by atoms with E-state index in [2.05, 4.69) is 176 Å². The molecule has 3 unspecified atom stereocenters. The molecule has 3 aliphatic rings. The lowest BCUT2D eigenvalue weighted by Gasteiger charge is -2.31. The Morgan fingerprint density at radius 1 is 0.529 bits per heavy atom. The van der Waals surface area contributed by atoms with Crippen LogP contribution in [-0.4, -0.2) is 0 Å². The van der Waals surface area contributed by atoms with Crippen LogP contribution in [0.5, 0.6) is 0 Å². The fourth-order valence-corrected chi connectivity index (χ4v) is 10.1. The molecule has 51 heavy (non-hydrogen) atoms. The first-order valence-corrected chi connectivity index (χ1v) is 18.9. The highest BCUT2D eigenvalue weighted by molar-refractivity contribution is 6.05. The Labute approximate surface area is 302 Å². The van der Waals surface area contributed by atoms with Crippen LogP contribution in [0.25, 0.3) is 44.2 Å². The molecule has 0 amide bonds. The van der Waals surface area contributed by atoms with E-state index in [4.69, 9.17) is 0 Å². The number of rotatable bonds is 6. The summed E-state index contributed by atoms with van der Waals surface area (Å²) >= 11 is 0. The van der Waals surface area contributed by atoms with E-state index in [0.29, 0.717) is 5.92 Å². The number of benzene rings is 7. The lowest BCUT2D eigenvalue weighted by atomic mass is 9.81. The molecule has 0 aliphatic heterocycles. The topological polar surface area (TPSA) is 3.24 Å². The molecule has 7 aromatic carbocycles. The smallest absolute Gasteiger partial charge is 0.0546 e. The van der Waals surface area contributed by atoms with Gasteiger partial charge in [-0.1, -0.05) is 148 Å². The van der Waals surface area contributed by atoms with Crippen molar-refractivity contribution in [2.75, 3.05) is 4.90 Å². The number of anilines is 3. The molecule has 2 fully saturated rings. The fourth-order valence-electron chi connectivity index (χ4n) is 10.1. The Morgan fingerprint density at radius 3 is 2.00 bits per heavy atom. The van der Waals surface area contributed by atoms with Crippen molar-refractivity contribution < 1.29 is 0 Å². The predicted molar refractivity (Wildman–Crippen MR) is 215 cm³/mol. The SMILES string of the molecule is CC1(C)c2cc(N(c3ccc(C4CC5CCC4C5)cc3)c3ccc4ccccc4c3-c3ccccc3)ccc2-c2c(-c3ccccc3)cccc21. The molecule has 2 saturated carbocycles. The molecule has 3 aliphatic carbocycles. The average Bonchev–Trinajstić information content (AvgIpc) is 3.89. The molecule has 0 N–H and O–H groups in total. The van der Waals surface area contributed by atoms with Crippen LogP contribution in [0.3, 0.4) is 0 Å². The van der Waals surface area contributed by atoms with E-state index < -0.39 is 0 Å². The highest BCUT2D eigenvalue weighted by atomic mass is 15.1. The minimum Gasteiger partial charge on any atom is -0.310 e. The Balaban J connectivity index is 1.17. The Bertz CT molecular complexity index is 2400. The van der Waals surface area contributed by atoms with E-state index in [-0.39, 0.29) is 5.41 Å². The Kier molecular flexibility index (Phi) is 7.07. The molecule has 0 spiro atoms. The van der Waals surface area contributed by atoms with Gasteiger partial charge in [-0.25, -0.2) is 0 Å². The van der Waals surface area contributed by atoms with E-state index in [1.54, 1.807) is 0 Å². The van der Waals surface area contributed by atoms with Crippen molar-refractivity contribution in [2.45, 2.75) is 50.9 Å². The zero-order chi connectivity index (χ0) is 34.1. The molecule has 10 rings (SSSR count). The van der Waals surface area contributed by atoms with Gasteiger partial charge in [-0.15, -0.1) is 0 Å². The zero-order valence-corrected chi connectivity index (χ0v) is 29.5. The lowest BCUT2D eigenvalue weighted by Crippen LogP contribution is -2.17. The monoisotopic (exact) mass is 657 g/mol. The van der Waals surface area contributed by atoms with Gasteiger partial charge in [0.1, 0.15) is 0 Å². The van der Waals surface area contributed by atoms with Crippen LogP contribution in [0.4, 0.5) is 17.1 Å². The van der Waals surface area contributed by atoms with Gasteiger partial charge in [0, 0.05) is 22.4 Å². The summed E-state index contributed by atoms with van der Waals surface area (Å²) in [7, 11) is 0. The molecule has 0 radical (unpaired) electrons. The van der Waals surface area contributed by atoms with Gasteiger partial charge in [-0.05, 0) is 123 Å². The van der Waals surface area contributed by atoms with Gasteiger partial charge in [0.05, 0.1) is 5.69 Å². The second-order valence-corrected chi connectivity index (χ2v) is 15.7. The third kappa shape index (κ3) is 4.89. The van der Waals surface area contributed by atoms with Crippen molar-refractivity contribution in [1.82, 2.24) is 0 Å². The Hall–Kier alpha value is -5.40. The van der Waals surface area contributed by atoms with E-state index in [1.807, 2.05) is 0 Å². The maximum atomic E-state index is 2.52. The minimum absolute atomic E-state index is 0.144. The van der Waals surface area contributed by atoms with Crippen LogP contribution in [0.15, 0.2) is 158 Å². The molecule has 3 atom stereocenters. The quantitative estimate of drug-likeness (QED) is 0.172. The summed E-state index contributed by atoms with van der Waals surface area (Å²) < 4.78 is 0. The molecule has 0 aromatic heterocycles. The first-order chi connectivity index (χ1) is 25.0. The highest BCUT2D eigenvalue weighted by Crippen LogP contribution is 2.55. The molecule has 1 heteroatoms. The van der Waals surface area contributed by atoms with Gasteiger partial charge in [-0.2, -0.15) is 0 Å². The molecule has 0 heterocycles. The molecule has 7 aromatic rings. The molecular weight excluding hydrogens is 615 g/mol. The van der Waals surface area contributed by atoms with Crippen LogP contribution < -0.4 is 4.90 Å². The standard InChI is InChI=1S/C50H43N/c1-50(2)45-19-11-18-42(34-12-5-3-6-13-34)49(45)43-28-27-40(32-46(43)50)51(39-25-22-36(23-26-39)44-31-33-20-21-38(44)30-33)47-29-24-35-14-9-10-17-41(35)48(47)37-15-7-4-8-16-37/h3-19,22-29,32-33,38,44H,20-21,30-31H2,1-2H3. The van der Waals surface area contributed by atoms with Gasteiger partial charge < -0.3 is 4.90 Å². The maximum Gasteiger partial charge on any atom is 0.0546 e. The molecule has 2 bridgehead atoms. The summed E-state index contributed by atoms with van der Waals surface area (Å²) in [6, 6.07) is 59.1. The van der Waals surface area contributed by atoms with Crippen LogP contribution >= 0.6 is 0 Å². The predicted octanol–water partition coefficient (Wildman–Crippen LogP) is 13.9. The average molecular weight is 658 g/mol. The largest absolute Gasteiger partial charge is 0.310 e. The van der Waals surface area contributed by atoms with Gasteiger partial charge in [0.2, 0.25) is 0 Å². The number of nitrogens with zero attached hydrogens (tertiary/aromatic N) is 1. The van der Waals surface area contributed by atoms with Crippen LogP contribution in [-0.2, 0) is 5.41 Å². The van der Waals surface area contributed by atoms with E-state index in [9.17, 15) is 0 Å². The summed E-state index contributed by atoms with van der Waals surface area (Å²) in [4.78, 5) is 2.52. The molecular formula is C50H43N. The first-order valence-electron chi connectivity index (χ1n) is 18.9. The van der Waals surface area contributed by atoms with E-state index in [1.165, 1.54) is 104 Å². The third-order valence-corrected chi connectivity index (χ3v) is 12.6. The molecule has 1 nitrogen and oxygen atoms in total. The van der Waals surface area contributed by atoms with E-state index in [0.717, 1.165) is 11.8 Å². The number of fused-ring (bicyclic) bond motifs is 6. The number of hydrogen-bond donors (Lipinski definition) is 0. The normalized spacial score (nSPS) is 19.6. The second kappa shape index (κ2) is 11.8. The van der Waals surface area contributed by atoms with Gasteiger partial charge in [-0.3, -0.25) is 0 Å². The van der Waals surface area contributed by atoms with Crippen LogP contribution in [0.1, 0.15) is 62.1 Å². The number of hydrogen-bond acceptors (Lipinski definition) is 1. The van der Waals surface area contributed by atoms with Crippen molar-refractivity contribution in [1.29, 1.82) is 0 Å². The van der Waals surface area contributed by atoms with Crippen molar-refractivity contribution in [3.63, 3.8) is 0 Å². The van der Waals surface area contributed by atoms with Crippen LogP contribution in [0.2, 0.25) is 0 Å². The maximum absolute atomic E-state index is 2.52. The van der Waals surface area contributed by atoms with Crippen molar-refractivity contribution in [3.8, 4) is 33.4 Å². The Morgan fingerprint density at radius 2 is 1.25 bits per heavy atom. The lowest BCUT2D eigenvalue weighted by molar-refractivity contribution is 0.420. The zero-order valence-electron chi connectivity index (χ0n) is 29.5. The van der Waals surface area contributed by atoms with Crippen molar-refractivity contribution in [2.24, 2.45) is 11.8 Å². The minimum atomic E-state index is -0.144.